The molecule has 1 aliphatic heterocycles. The van der Waals surface area contributed by atoms with Crippen molar-refractivity contribution in [1.82, 2.24) is 5.32 Å². The van der Waals surface area contributed by atoms with Gasteiger partial charge in [0.1, 0.15) is 0 Å². The standard InChI is InChI=1S/C11H17NO2/c1-2-3-4-7-12-11(13)10-5-8-14-9-6-10/h10H,4-9H2,1H3,(H,12,13). The van der Waals surface area contributed by atoms with E-state index in [1.807, 2.05) is 0 Å². The minimum Gasteiger partial charge on any atom is -0.381 e. The zero-order valence-corrected chi connectivity index (χ0v) is 8.64. The number of hydrogen-bond acceptors (Lipinski definition) is 2. The third-order valence-electron chi connectivity index (χ3n) is 2.32. The van der Waals surface area contributed by atoms with Gasteiger partial charge in [0, 0.05) is 32.1 Å². The largest absolute Gasteiger partial charge is 0.381 e. The molecule has 1 heterocycles. The van der Waals surface area contributed by atoms with E-state index in [1.54, 1.807) is 6.92 Å². The number of rotatable bonds is 3. The Hall–Kier alpha value is -1.01. The highest BCUT2D eigenvalue weighted by Crippen LogP contribution is 2.14. The summed E-state index contributed by atoms with van der Waals surface area (Å²) < 4.78 is 5.19. The average Bonchev–Trinajstić information content (AvgIpc) is 2.25. The number of ether oxygens (including phenoxy) is 1. The van der Waals surface area contributed by atoms with Crippen molar-refractivity contribution in [2.45, 2.75) is 26.2 Å². The van der Waals surface area contributed by atoms with E-state index in [2.05, 4.69) is 17.2 Å². The third-order valence-corrected chi connectivity index (χ3v) is 2.32. The molecule has 1 saturated heterocycles. The maximum atomic E-state index is 11.5. The van der Waals surface area contributed by atoms with Crippen LogP contribution in [0.5, 0.6) is 0 Å². The fourth-order valence-electron chi connectivity index (χ4n) is 1.48. The molecule has 0 aromatic carbocycles. The molecule has 0 saturated carbocycles. The molecule has 0 aliphatic carbocycles. The lowest BCUT2D eigenvalue weighted by Gasteiger charge is -2.20. The molecule has 1 N–H and O–H groups in total. The summed E-state index contributed by atoms with van der Waals surface area (Å²) in [7, 11) is 0. The molecule has 0 unspecified atom stereocenters. The van der Waals surface area contributed by atoms with E-state index < -0.39 is 0 Å². The summed E-state index contributed by atoms with van der Waals surface area (Å²) >= 11 is 0. The molecule has 0 spiro atoms. The lowest BCUT2D eigenvalue weighted by molar-refractivity contribution is -0.127. The number of carbonyl (C=O) groups excluding carboxylic acids is 1. The SMILES string of the molecule is CC#CCCNC(=O)C1CCOCC1. The topological polar surface area (TPSA) is 38.3 Å². The van der Waals surface area contributed by atoms with Crippen LogP contribution in [0, 0.1) is 17.8 Å². The van der Waals surface area contributed by atoms with Gasteiger partial charge in [-0.05, 0) is 19.8 Å². The number of amides is 1. The van der Waals surface area contributed by atoms with Gasteiger partial charge in [-0.2, -0.15) is 0 Å². The van der Waals surface area contributed by atoms with E-state index in [0.717, 1.165) is 19.3 Å². The van der Waals surface area contributed by atoms with Crippen LogP contribution in [0.15, 0.2) is 0 Å². The van der Waals surface area contributed by atoms with Crippen LogP contribution in [0.1, 0.15) is 26.2 Å². The average molecular weight is 195 g/mol. The van der Waals surface area contributed by atoms with Gasteiger partial charge in [0.2, 0.25) is 5.91 Å². The summed E-state index contributed by atoms with van der Waals surface area (Å²) in [5.74, 6) is 6.03. The normalized spacial score (nSPS) is 16.9. The van der Waals surface area contributed by atoms with Crippen LogP contribution in [-0.2, 0) is 9.53 Å². The van der Waals surface area contributed by atoms with Gasteiger partial charge in [-0.3, -0.25) is 4.79 Å². The van der Waals surface area contributed by atoms with Crippen molar-refractivity contribution in [3.63, 3.8) is 0 Å². The van der Waals surface area contributed by atoms with Crippen LogP contribution in [0.25, 0.3) is 0 Å². The Balaban J connectivity index is 2.15. The molecule has 1 fully saturated rings. The van der Waals surface area contributed by atoms with Crippen molar-refractivity contribution < 1.29 is 9.53 Å². The van der Waals surface area contributed by atoms with E-state index in [0.29, 0.717) is 19.8 Å². The molecule has 14 heavy (non-hydrogen) atoms. The highest BCUT2D eigenvalue weighted by molar-refractivity contribution is 5.78. The molecule has 0 aromatic heterocycles. The van der Waals surface area contributed by atoms with Crippen LogP contribution < -0.4 is 5.32 Å². The summed E-state index contributed by atoms with van der Waals surface area (Å²) in [6.45, 7) is 3.90. The van der Waals surface area contributed by atoms with Crippen LogP contribution >= 0.6 is 0 Å². The predicted octanol–water partition coefficient (Wildman–Crippen LogP) is 0.943. The summed E-state index contributed by atoms with van der Waals surface area (Å²) in [6, 6.07) is 0. The van der Waals surface area contributed by atoms with Crippen LogP contribution in [-0.4, -0.2) is 25.7 Å². The molecule has 3 nitrogen and oxygen atoms in total. The van der Waals surface area contributed by atoms with Crippen molar-refractivity contribution in [3.05, 3.63) is 0 Å². The summed E-state index contributed by atoms with van der Waals surface area (Å²) in [6.07, 6.45) is 2.45. The van der Waals surface area contributed by atoms with E-state index in [9.17, 15) is 4.79 Å². The lowest BCUT2D eigenvalue weighted by atomic mass is 9.99. The first kappa shape index (κ1) is 11.1. The Morgan fingerprint density at radius 1 is 1.50 bits per heavy atom. The first-order chi connectivity index (χ1) is 6.84. The Labute approximate surface area is 85.2 Å². The Morgan fingerprint density at radius 3 is 2.86 bits per heavy atom. The van der Waals surface area contributed by atoms with Gasteiger partial charge < -0.3 is 10.1 Å². The van der Waals surface area contributed by atoms with Gasteiger partial charge >= 0.3 is 0 Å². The second kappa shape index (κ2) is 6.44. The molecule has 1 rings (SSSR count). The molecule has 0 aromatic rings. The molecule has 0 radical (unpaired) electrons. The van der Waals surface area contributed by atoms with Gasteiger partial charge in [-0.1, -0.05) is 0 Å². The molecular formula is C11H17NO2. The second-order valence-corrected chi connectivity index (χ2v) is 3.35. The first-order valence-corrected chi connectivity index (χ1v) is 5.09. The maximum absolute atomic E-state index is 11.5. The maximum Gasteiger partial charge on any atom is 0.223 e. The number of carbonyl (C=O) groups is 1. The minimum absolute atomic E-state index is 0.151. The molecular weight excluding hydrogens is 178 g/mol. The molecule has 1 aliphatic rings. The monoisotopic (exact) mass is 195 g/mol. The van der Waals surface area contributed by atoms with E-state index in [-0.39, 0.29) is 11.8 Å². The zero-order chi connectivity index (χ0) is 10.2. The van der Waals surface area contributed by atoms with E-state index in [4.69, 9.17) is 4.74 Å². The fraction of sp³-hybridized carbons (Fsp3) is 0.727. The van der Waals surface area contributed by atoms with Crippen LogP contribution in [0.4, 0.5) is 0 Å². The number of nitrogens with one attached hydrogen (secondary N) is 1. The molecule has 0 atom stereocenters. The van der Waals surface area contributed by atoms with Crippen molar-refractivity contribution in [2.24, 2.45) is 5.92 Å². The highest BCUT2D eigenvalue weighted by Gasteiger charge is 2.20. The number of hydrogen-bond donors (Lipinski definition) is 1. The van der Waals surface area contributed by atoms with Crippen molar-refractivity contribution >= 4 is 5.91 Å². The lowest BCUT2D eigenvalue weighted by Crippen LogP contribution is -2.34. The zero-order valence-electron chi connectivity index (χ0n) is 8.64. The summed E-state index contributed by atoms with van der Waals surface area (Å²) in [5.41, 5.74) is 0. The van der Waals surface area contributed by atoms with Crippen LogP contribution in [0.2, 0.25) is 0 Å². The fourth-order valence-corrected chi connectivity index (χ4v) is 1.48. The Kier molecular flexibility index (Phi) is 5.09. The molecule has 1 amide bonds. The summed E-state index contributed by atoms with van der Waals surface area (Å²) in [5, 5.41) is 2.89. The highest BCUT2D eigenvalue weighted by atomic mass is 16.5. The van der Waals surface area contributed by atoms with Gasteiger partial charge in [-0.15, -0.1) is 11.8 Å². The van der Waals surface area contributed by atoms with E-state index >= 15 is 0 Å². The molecule has 3 heteroatoms. The first-order valence-electron chi connectivity index (χ1n) is 5.09. The van der Waals surface area contributed by atoms with Crippen molar-refractivity contribution in [3.8, 4) is 11.8 Å². The third kappa shape index (κ3) is 3.80. The molecule has 0 bridgehead atoms. The van der Waals surface area contributed by atoms with Gasteiger partial charge in [0.05, 0.1) is 0 Å². The molecule has 78 valence electrons. The Bertz CT molecular complexity index is 233. The van der Waals surface area contributed by atoms with Crippen molar-refractivity contribution in [2.75, 3.05) is 19.8 Å². The summed E-state index contributed by atoms with van der Waals surface area (Å²) in [4.78, 5) is 11.5. The second-order valence-electron chi connectivity index (χ2n) is 3.35. The predicted molar refractivity (Wildman–Crippen MR) is 54.6 cm³/mol. The van der Waals surface area contributed by atoms with Gasteiger partial charge in [0.15, 0.2) is 0 Å². The van der Waals surface area contributed by atoms with Crippen molar-refractivity contribution in [1.29, 1.82) is 0 Å². The van der Waals surface area contributed by atoms with E-state index in [1.165, 1.54) is 0 Å². The minimum atomic E-state index is 0.151. The van der Waals surface area contributed by atoms with Gasteiger partial charge in [-0.25, -0.2) is 0 Å². The smallest absolute Gasteiger partial charge is 0.223 e. The Morgan fingerprint density at radius 2 is 2.21 bits per heavy atom. The van der Waals surface area contributed by atoms with Gasteiger partial charge in [0.25, 0.3) is 0 Å². The van der Waals surface area contributed by atoms with Crippen LogP contribution in [0.3, 0.4) is 0 Å². The quantitative estimate of drug-likeness (QED) is 0.537.